The van der Waals surface area contributed by atoms with Crippen LogP contribution in [0.25, 0.3) is 0 Å². The zero-order valence-corrected chi connectivity index (χ0v) is 11.1. The number of hydrogen-bond acceptors (Lipinski definition) is 3. The van der Waals surface area contributed by atoms with Gasteiger partial charge in [0.15, 0.2) is 0 Å². The molecule has 100 valence electrons. The molecule has 0 bridgehead atoms. The Kier molecular flexibility index (Phi) is 7.34. The van der Waals surface area contributed by atoms with Crippen LogP contribution in [0.3, 0.4) is 0 Å². The SMILES string of the molecule is CCCCOC(=O)N(C)[C@@H](CC(C)C)C(=O)O. The smallest absolute Gasteiger partial charge is 0.410 e. The minimum atomic E-state index is -0.992. The van der Waals surface area contributed by atoms with E-state index in [9.17, 15) is 9.59 Å². The molecule has 0 rings (SSSR count). The second-order valence-corrected chi connectivity index (χ2v) is 4.56. The summed E-state index contributed by atoms with van der Waals surface area (Å²) in [5, 5.41) is 9.06. The summed E-state index contributed by atoms with van der Waals surface area (Å²) in [6.07, 6.45) is 1.59. The van der Waals surface area contributed by atoms with Crippen LogP contribution in [-0.2, 0) is 9.53 Å². The maximum atomic E-state index is 11.6. The van der Waals surface area contributed by atoms with E-state index in [0.29, 0.717) is 13.0 Å². The Bertz CT molecular complexity index is 253. The fraction of sp³-hybridized carbons (Fsp3) is 0.833. The number of carbonyl (C=O) groups is 2. The van der Waals surface area contributed by atoms with E-state index in [4.69, 9.17) is 9.84 Å². The number of ether oxygens (including phenoxy) is 1. The predicted molar refractivity (Wildman–Crippen MR) is 64.9 cm³/mol. The lowest BCUT2D eigenvalue weighted by Crippen LogP contribution is -2.43. The molecule has 0 unspecified atom stereocenters. The number of likely N-dealkylation sites (N-methyl/N-ethyl adjacent to an activating group) is 1. The molecule has 0 aromatic carbocycles. The lowest BCUT2D eigenvalue weighted by atomic mass is 10.0. The third-order valence-corrected chi connectivity index (χ3v) is 2.46. The zero-order valence-electron chi connectivity index (χ0n) is 11.1. The van der Waals surface area contributed by atoms with Crippen LogP contribution in [0.2, 0.25) is 0 Å². The highest BCUT2D eigenvalue weighted by atomic mass is 16.6. The molecule has 0 saturated heterocycles. The molecule has 1 N–H and O–H groups in total. The first kappa shape index (κ1) is 15.7. The van der Waals surface area contributed by atoms with Crippen molar-refractivity contribution in [2.24, 2.45) is 5.92 Å². The van der Waals surface area contributed by atoms with Crippen LogP contribution in [0.1, 0.15) is 40.0 Å². The molecule has 1 amide bonds. The average Bonchev–Trinajstić information content (AvgIpc) is 2.24. The standard InChI is InChI=1S/C12H23NO4/c1-5-6-7-17-12(16)13(4)10(11(14)15)8-9(2)3/h9-10H,5-8H2,1-4H3,(H,14,15)/t10-/m0/s1. The highest BCUT2D eigenvalue weighted by molar-refractivity contribution is 5.79. The van der Waals surface area contributed by atoms with Crippen LogP contribution in [-0.4, -0.2) is 41.8 Å². The minimum Gasteiger partial charge on any atom is -0.480 e. The first-order chi connectivity index (χ1) is 7.90. The molecule has 0 aliphatic carbocycles. The Morgan fingerprint density at radius 2 is 1.94 bits per heavy atom. The summed E-state index contributed by atoms with van der Waals surface area (Å²) in [4.78, 5) is 23.8. The van der Waals surface area contributed by atoms with Crippen LogP contribution >= 0.6 is 0 Å². The number of nitrogens with zero attached hydrogens (tertiary/aromatic N) is 1. The van der Waals surface area contributed by atoms with Gasteiger partial charge in [-0.3, -0.25) is 4.90 Å². The molecular weight excluding hydrogens is 222 g/mol. The Labute approximate surface area is 103 Å². The van der Waals surface area contributed by atoms with E-state index >= 15 is 0 Å². The van der Waals surface area contributed by atoms with E-state index in [0.717, 1.165) is 17.7 Å². The Morgan fingerprint density at radius 3 is 2.35 bits per heavy atom. The van der Waals surface area contributed by atoms with E-state index in [1.807, 2.05) is 20.8 Å². The van der Waals surface area contributed by atoms with Crippen molar-refractivity contribution in [1.29, 1.82) is 0 Å². The molecule has 0 aliphatic heterocycles. The van der Waals surface area contributed by atoms with Gasteiger partial charge in [0, 0.05) is 7.05 Å². The van der Waals surface area contributed by atoms with E-state index in [2.05, 4.69) is 0 Å². The maximum absolute atomic E-state index is 11.6. The number of carbonyl (C=O) groups excluding carboxylic acids is 1. The van der Waals surface area contributed by atoms with Crippen LogP contribution in [0, 0.1) is 5.92 Å². The Balaban J connectivity index is 4.34. The van der Waals surface area contributed by atoms with Crippen LogP contribution in [0.5, 0.6) is 0 Å². The second kappa shape index (κ2) is 7.92. The van der Waals surface area contributed by atoms with Crippen LogP contribution in [0.4, 0.5) is 4.79 Å². The summed E-state index contributed by atoms with van der Waals surface area (Å²) in [5.74, 6) is -0.782. The van der Waals surface area contributed by atoms with Crippen molar-refractivity contribution >= 4 is 12.1 Å². The molecule has 0 spiro atoms. The largest absolute Gasteiger partial charge is 0.480 e. The van der Waals surface area contributed by atoms with Crippen molar-refractivity contribution in [3.8, 4) is 0 Å². The molecule has 0 aromatic heterocycles. The van der Waals surface area contributed by atoms with Crippen molar-refractivity contribution in [2.75, 3.05) is 13.7 Å². The van der Waals surface area contributed by atoms with Crippen molar-refractivity contribution < 1.29 is 19.4 Å². The van der Waals surface area contributed by atoms with Crippen molar-refractivity contribution in [2.45, 2.75) is 46.1 Å². The number of rotatable bonds is 7. The summed E-state index contributed by atoms with van der Waals surface area (Å²) < 4.78 is 4.98. The summed E-state index contributed by atoms with van der Waals surface area (Å²) in [6.45, 7) is 6.18. The quantitative estimate of drug-likeness (QED) is 0.699. The molecule has 5 heteroatoms. The lowest BCUT2D eigenvalue weighted by Gasteiger charge is -2.25. The number of carboxylic acids is 1. The topological polar surface area (TPSA) is 66.8 Å². The predicted octanol–water partition coefficient (Wildman–Crippen LogP) is 2.35. The summed E-state index contributed by atoms with van der Waals surface area (Å²) in [5.41, 5.74) is 0. The fourth-order valence-corrected chi connectivity index (χ4v) is 1.40. The summed E-state index contributed by atoms with van der Waals surface area (Å²) >= 11 is 0. The van der Waals surface area contributed by atoms with Crippen LogP contribution in [0.15, 0.2) is 0 Å². The van der Waals surface area contributed by atoms with Gasteiger partial charge in [-0.15, -0.1) is 0 Å². The van der Waals surface area contributed by atoms with Gasteiger partial charge in [-0.1, -0.05) is 27.2 Å². The second-order valence-electron chi connectivity index (χ2n) is 4.56. The monoisotopic (exact) mass is 245 g/mol. The van der Waals surface area contributed by atoms with Gasteiger partial charge >= 0.3 is 12.1 Å². The molecule has 0 aliphatic rings. The first-order valence-electron chi connectivity index (χ1n) is 6.02. The molecule has 1 atom stereocenters. The molecular formula is C12H23NO4. The van der Waals surface area contributed by atoms with Gasteiger partial charge in [-0.2, -0.15) is 0 Å². The third-order valence-electron chi connectivity index (χ3n) is 2.46. The van der Waals surface area contributed by atoms with Gasteiger partial charge in [-0.05, 0) is 18.8 Å². The molecule has 0 heterocycles. The summed E-state index contributed by atoms with van der Waals surface area (Å²) in [6, 6.07) is -0.816. The average molecular weight is 245 g/mol. The van der Waals surface area contributed by atoms with Crippen molar-refractivity contribution in [1.82, 2.24) is 4.90 Å². The first-order valence-corrected chi connectivity index (χ1v) is 6.02. The number of carboxylic acid groups (broad SMARTS) is 1. The lowest BCUT2D eigenvalue weighted by molar-refractivity contribution is -0.142. The molecule has 0 saturated carbocycles. The number of unbranched alkanes of at least 4 members (excludes halogenated alkanes) is 1. The van der Waals surface area contributed by atoms with E-state index in [-0.39, 0.29) is 5.92 Å². The molecule has 17 heavy (non-hydrogen) atoms. The fourth-order valence-electron chi connectivity index (χ4n) is 1.40. The number of aliphatic carboxylic acids is 1. The third kappa shape index (κ3) is 6.14. The van der Waals surface area contributed by atoms with Crippen molar-refractivity contribution in [3.05, 3.63) is 0 Å². The Hall–Kier alpha value is -1.26. The van der Waals surface area contributed by atoms with Crippen molar-refractivity contribution in [3.63, 3.8) is 0 Å². The van der Waals surface area contributed by atoms with Gasteiger partial charge in [-0.25, -0.2) is 9.59 Å². The maximum Gasteiger partial charge on any atom is 0.410 e. The van der Waals surface area contributed by atoms with Gasteiger partial charge in [0.1, 0.15) is 6.04 Å². The number of amides is 1. The van der Waals surface area contributed by atoms with E-state index in [1.54, 1.807) is 0 Å². The molecule has 0 aromatic rings. The number of hydrogen-bond donors (Lipinski definition) is 1. The van der Waals surface area contributed by atoms with Crippen LogP contribution < -0.4 is 0 Å². The zero-order chi connectivity index (χ0) is 13.4. The van der Waals surface area contributed by atoms with E-state index < -0.39 is 18.1 Å². The molecule has 0 fully saturated rings. The highest BCUT2D eigenvalue weighted by Gasteiger charge is 2.28. The van der Waals surface area contributed by atoms with Gasteiger partial charge < -0.3 is 9.84 Å². The molecule has 0 radical (unpaired) electrons. The highest BCUT2D eigenvalue weighted by Crippen LogP contribution is 2.11. The van der Waals surface area contributed by atoms with E-state index in [1.165, 1.54) is 7.05 Å². The van der Waals surface area contributed by atoms with Gasteiger partial charge in [0.05, 0.1) is 6.61 Å². The normalized spacial score (nSPS) is 12.3. The Morgan fingerprint density at radius 1 is 1.35 bits per heavy atom. The molecule has 5 nitrogen and oxygen atoms in total. The van der Waals surface area contributed by atoms with Gasteiger partial charge in [0.2, 0.25) is 0 Å². The van der Waals surface area contributed by atoms with Gasteiger partial charge in [0.25, 0.3) is 0 Å². The minimum absolute atomic E-state index is 0.210. The summed E-state index contributed by atoms with van der Waals surface area (Å²) in [7, 11) is 1.47.